The van der Waals surface area contributed by atoms with Crippen LogP contribution in [-0.4, -0.2) is 22.2 Å². The van der Waals surface area contributed by atoms with Crippen LogP contribution in [-0.2, 0) is 11.2 Å². The fourth-order valence-electron chi connectivity index (χ4n) is 5.55. The average molecular weight is 421 g/mol. The number of aryl methyl sites for hydroxylation is 1. The molecule has 2 aliphatic carbocycles. The van der Waals surface area contributed by atoms with Crippen LogP contribution in [0.3, 0.4) is 0 Å². The zero-order chi connectivity index (χ0) is 21.8. The second kappa shape index (κ2) is 9.65. The highest BCUT2D eigenvalue weighted by molar-refractivity contribution is 5.88. The number of ketones is 1. The van der Waals surface area contributed by atoms with Gasteiger partial charge < -0.3 is 5.11 Å². The number of Topliss-reactive ketones (excluding diaryl/α,β-unsaturated/α-hetero) is 1. The number of nitriles is 1. The van der Waals surface area contributed by atoms with Gasteiger partial charge in [0, 0.05) is 18.6 Å². The van der Waals surface area contributed by atoms with Gasteiger partial charge in [-0.15, -0.1) is 0 Å². The van der Waals surface area contributed by atoms with Crippen molar-refractivity contribution in [2.45, 2.75) is 96.0 Å². The van der Waals surface area contributed by atoms with Crippen molar-refractivity contribution in [3.05, 3.63) is 29.3 Å². The van der Waals surface area contributed by atoms with E-state index in [1.165, 1.54) is 37.0 Å². The first kappa shape index (κ1) is 22.2. The van der Waals surface area contributed by atoms with Crippen LogP contribution in [0.1, 0.15) is 95.1 Å². The van der Waals surface area contributed by atoms with E-state index in [9.17, 15) is 15.2 Å². The van der Waals surface area contributed by atoms with Crippen molar-refractivity contribution >= 4 is 17.2 Å². The van der Waals surface area contributed by atoms with Crippen LogP contribution in [0.25, 0.3) is 0 Å². The molecule has 4 heteroatoms. The van der Waals surface area contributed by atoms with E-state index < -0.39 is 5.60 Å². The van der Waals surface area contributed by atoms with E-state index in [0.29, 0.717) is 23.8 Å². The minimum atomic E-state index is -0.834. The van der Waals surface area contributed by atoms with E-state index in [4.69, 9.17) is 4.99 Å². The maximum atomic E-state index is 12.5. The molecule has 1 aliphatic heterocycles. The van der Waals surface area contributed by atoms with Crippen molar-refractivity contribution in [2.24, 2.45) is 22.7 Å². The summed E-state index contributed by atoms with van der Waals surface area (Å²) in [4.78, 5) is 17.6. The summed E-state index contributed by atoms with van der Waals surface area (Å²) in [5.74, 6) is 1.95. The molecule has 0 bridgehead atoms. The number of fused-ring (bicyclic) bond motifs is 1. The molecule has 31 heavy (non-hydrogen) atoms. The first-order chi connectivity index (χ1) is 14.9. The van der Waals surface area contributed by atoms with E-state index in [1.54, 1.807) is 0 Å². The lowest BCUT2D eigenvalue weighted by Gasteiger charge is -2.38. The molecule has 2 fully saturated rings. The lowest BCUT2D eigenvalue weighted by molar-refractivity contribution is -0.127. The highest BCUT2D eigenvalue weighted by Crippen LogP contribution is 2.41. The molecular weight excluding hydrogens is 384 g/mol. The van der Waals surface area contributed by atoms with Crippen molar-refractivity contribution in [1.82, 2.24) is 0 Å². The Morgan fingerprint density at radius 3 is 2.61 bits per heavy atom. The van der Waals surface area contributed by atoms with Crippen molar-refractivity contribution in [2.75, 3.05) is 0 Å². The summed E-state index contributed by atoms with van der Waals surface area (Å²) in [7, 11) is 0. The van der Waals surface area contributed by atoms with Crippen LogP contribution in [0.4, 0.5) is 5.69 Å². The van der Waals surface area contributed by atoms with E-state index in [2.05, 4.69) is 6.07 Å². The zero-order valence-electron chi connectivity index (χ0n) is 18.9. The van der Waals surface area contributed by atoms with Gasteiger partial charge in [-0.3, -0.25) is 9.79 Å². The first-order valence-electron chi connectivity index (χ1n) is 12.3. The number of rotatable bonds is 8. The van der Waals surface area contributed by atoms with Crippen LogP contribution in [0.15, 0.2) is 23.2 Å². The van der Waals surface area contributed by atoms with Gasteiger partial charge in [0.15, 0.2) is 0 Å². The van der Waals surface area contributed by atoms with Gasteiger partial charge in [-0.25, -0.2) is 0 Å². The topological polar surface area (TPSA) is 73.4 Å². The Balaban J connectivity index is 1.40. The lowest BCUT2D eigenvalue weighted by atomic mass is 9.71. The fourth-order valence-corrected chi connectivity index (χ4v) is 5.55. The molecule has 0 aromatic heterocycles. The molecule has 4 nitrogen and oxygen atoms in total. The van der Waals surface area contributed by atoms with Crippen molar-refractivity contribution in [1.29, 1.82) is 5.26 Å². The van der Waals surface area contributed by atoms with E-state index >= 15 is 0 Å². The van der Waals surface area contributed by atoms with Gasteiger partial charge in [-0.05, 0) is 93.4 Å². The maximum Gasteiger partial charge on any atom is 0.135 e. The number of aliphatic imine (C=N–C) groups is 1. The average Bonchev–Trinajstić information content (AvgIpc) is 2.61. The Labute approximate surface area is 186 Å². The summed E-state index contributed by atoms with van der Waals surface area (Å²) >= 11 is 0. The molecule has 2 saturated carbocycles. The molecule has 0 spiro atoms. The minimum Gasteiger partial charge on any atom is -0.389 e. The number of hydrogen-bond acceptors (Lipinski definition) is 4. The van der Waals surface area contributed by atoms with Crippen LogP contribution >= 0.6 is 0 Å². The zero-order valence-corrected chi connectivity index (χ0v) is 18.9. The Kier molecular flexibility index (Phi) is 6.92. The van der Waals surface area contributed by atoms with Crippen LogP contribution in [0.2, 0.25) is 0 Å². The van der Waals surface area contributed by atoms with Gasteiger partial charge in [0.25, 0.3) is 0 Å². The fraction of sp³-hybridized carbons (Fsp3) is 0.667. The van der Waals surface area contributed by atoms with E-state index in [1.807, 2.05) is 25.1 Å². The van der Waals surface area contributed by atoms with E-state index in [-0.39, 0.29) is 12.2 Å². The number of carbonyl (C=O) groups excluding carboxylic acids is 1. The standard InChI is InChI=1S/C27H36N2O2/c1-27(31,23-7-3-8-23)17-25(30)10-4-9-24-16-21(20-5-2-6-20)12-13-22-15-19(18-28)11-14-26(22)29-24/h11,14-15,20-21,23,31H,2-10,12-13,16-17H2,1H3. The maximum absolute atomic E-state index is 12.5. The van der Waals surface area contributed by atoms with Crippen molar-refractivity contribution < 1.29 is 9.90 Å². The number of benzene rings is 1. The molecule has 1 N–H and O–H groups in total. The van der Waals surface area contributed by atoms with Gasteiger partial charge >= 0.3 is 0 Å². The quantitative estimate of drug-likeness (QED) is 0.555. The molecular formula is C27H36N2O2. The Morgan fingerprint density at radius 2 is 1.97 bits per heavy atom. The Morgan fingerprint density at radius 1 is 1.19 bits per heavy atom. The predicted octanol–water partition coefficient (Wildman–Crippen LogP) is 6.06. The minimum absolute atomic E-state index is 0.179. The van der Waals surface area contributed by atoms with Crippen molar-refractivity contribution in [3.8, 4) is 6.07 Å². The van der Waals surface area contributed by atoms with Gasteiger partial charge in [0.1, 0.15) is 5.78 Å². The van der Waals surface area contributed by atoms with Gasteiger partial charge in [-0.1, -0.05) is 25.7 Å². The summed E-state index contributed by atoms with van der Waals surface area (Å²) < 4.78 is 0. The van der Waals surface area contributed by atoms with Gasteiger partial charge in [0.2, 0.25) is 0 Å². The number of aliphatic hydroxyl groups is 1. The molecule has 4 rings (SSSR count). The smallest absolute Gasteiger partial charge is 0.135 e. The Hall–Kier alpha value is -1.99. The van der Waals surface area contributed by atoms with Crippen LogP contribution in [0, 0.1) is 29.1 Å². The summed E-state index contributed by atoms with van der Waals surface area (Å²) in [6.45, 7) is 1.84. The predicted molar refractivity (Wildman–Crippen MR) is 123 cm³/mol. The molecule has 166 valence electrons. The van der Waals surface area contributed by atoms with E-state index in [0.717, 1.165) is 56.6 Å². The molecule has 1 aromatic rings. The summed E-state index contributed by atoms with van der Waals surface area (Å²) in [5, 5.41) is 19.9. The first-order valence-corrected chi connectivity index (χ1v) is 12.3. The molecule has 1 aromatic carbocycles. The van der Waals surface area contributed by atoms with Gasteiger partial charge in [-0.2, -0.15) is 5.26 Å². The monoisotopic (exact) mass is 420 g/mol. The number of hydrogen-bond donors (Lipinski definition) is 1. The highest BCUT2D eigenvalue weighted by atomic mass is 16.3. The highest BCUT2D eigenvalue weighted by Gasteiger charge is 2.37. The third-order valence-corrected chi connectivity index (χ3v) is 8.05. The summed E-state index contributed by atoms with van der Waals surface area (Å²) in [6.07, 6.45) is 12.9. The molecule has 2 unspecified atom stereocenters. The molecule has 0 radical (unpaired) electrons. The third kappa shape index (κ3) is 5.44. The molecule has 2 atom stereocenters. The largest absolute Gasteiger partial charge is 0.389 e. The number of nitrogens with zero attached hydrogens (tertiary/aromatic N) is 2. The Bertz CT molecular complexity index is 872. The molecule has 3 aliphatic rings. The SMILES string of the molecule is CC(O)(CC(=O)CCCC1=Nc2ccc(C#N)cc2CCC(C2CCC2)C1)C1CCC1. The van der Waals surface area contributed by atoms with Crippen LogP contribution in [0.5, 0.6) is 0 Å². The lowest BCUT2D eigenvalue weighted by Crippen LogP contribution is -2.40. The second-order valence-corrected chi connectivity index (χ2v) is 10.4. The normalized spacial score (nSPS) is 23.8. The summed E-state index contributed by atoms with van der Waals surface area (Å²) in [5.41, 5.74) is 3.27. The third-order valence-electron chi connectivity index (χ3n) is 8.05. The molecule has 0 amide bonds. The molecule has 1 heterocycles. The molecule has 0 saturated heterocycles. The number of carbonyl (C=O) groups is 1. The second-order valence-electron chi connectivity index (χ2n) is 10.4. The van der Waals surface area contributed by atoms with Crippen LogP contribution < -0.4 is 0 Å². The summed E-state index contributed by atoms with van der Waals surface area (Å²) in [6, 6.07) is 8.10. The van der Waals surface area contributed by atoms with Crippen molar-refractivity contribution in [3.63, 3.8) is 0 Å². The van der Waals surface area contributed by atoms with Gasteiger partial charge in [0.05, 0.1) is 22.9 Å².